The van der Waals surface area contributed by atoms with Crippen LogP contribution in [0.5, 0.6) is 0 Å². The quantitative estimate of drug-likeness (QED) is 0.372. The van der Waals surface area contributed by atoms with Gasteiger partial charge in [0, 0.05) is 0 Å². The molecule has 0 aliphatic heterocycles. The van der Waals surface area contributed by atoms with E-state index in [2.05, 4.69) is 0 Å². The first kappa shape index (κ1) is 5.93. The molecule has 0 atom stereocenters. The predicted molar refractivity (Wildman–Crippen MR) is 28.5 cm³/mol. The molecule has 0 amide bonds. The van der Waals surface area contributed by atoms with Crippen molar-refractivity contribution in [2.45, 2.75) is 4.74 Å². The summed E-state index contributed by atoms with van der Waals surface area (Å²) < 4.78 is -0.406. The summed E-state index contributed by atoms with van der Waals surface area (Å²) in [6, 6.07) is 0. The Morgan fingerprint density at radius 3 is 1.60 bits per heavy atom. The van der Waals surface area contributed by atoms with Gasteiger partial charge in [-0.1, -0.05) is 0 Å². The first-order chi connectivity index (χ1) is 2.27. The van der Waals surface area contributed by atoms with E-state index >= 15 is 0 Å². The lowest BCUT2D eigenvalue weighted by molar-refractivity contribution is 1.94. The van der Waals surface area contributed by atoms with Crippen LogP contribution in [0.1, 0.15) is 0 Å². The van der Waals surface area contributed by atoms with Crippen LogP contribution in [0.3, 0.4) is 0 Å². The zero-order chi connectivity index (χ0) is 4.28. The number of hydrogen-bond donors (Lipinski definition) is 0. The van der Waals surface area contributed by atoms with E-state index < -0.39 is 4.74 Å². The van der Waals surface area contributed by atoms with Gasteiger partial charge in [-0.05, 0) is 0 Å². The van der Waals surface area contributed by atoms with Crippen molar-refractivity contribution in [3.05, 3.63) is 0 Å². The van der Waals surface area contributed by atoms with Crippen LogP contribution >= 0.6 is 34.7 Å². The lowest BCUT2D eigenvalue weighted by Crippen LogP contribution is -1.88. The van der Waals surface area contributed by atoms with Crippen LogP contribution in [-0.2, 0) is 0 Å². The summed E-state index contributed by atoms with van der Waals surface area (Å²) in [5, 5.41) is 0. The van der Waals surface area contributed by atoms with Gasteiger partial charge in [0.05, 0.1) is 4.74 Å². The molecule has 0 aromatic rings. The molecular formula is CH2BCl3. The van der Waals surface area contributed by atoms with Crippen LogP contribution in [0.15, 0.2) is 0 Å². The van der Waals surface area contributed by atoms with Gasteiger partial charge >= 0.3 is 0 Å². The Morgan fingerprint density at radius 2 is 1.60 bits per heavy atom. The third kappa shape index (κ3) is 4.93. The van der Waals surface area contributed by atoms with Crippen molar-refractivity contribution in [2.24, 2.45) is 0 Å². The molecule has 0 saturated carbocycles. The lowest BCUT2D eigenvalue weighted by atomic mass is 10.2. The van der Waals surface area contributed by atoms with Crippen molar-refractivity contribution in [2.75, 3.05) is 0 Å². The molecule has 0 radical (unpaired) electrons. The van der Waals surface area contributed by atoms with Gasteiger partial charge in [-0.15, -0.1) is 23.2 Å². The standard InChI is InChI=1S/CH2BCl3/c3-1(4)2-5/h1-2H. The van der Waals surface area contributed by atoms with Crippen LogP contribution < -0.4 is 0 Å². The molecule has 0 rings (SSSR count). The van der Waals surface area contributed by atoms with Crippen molar-refractivity contribution in [1.29, 1.82) is 0 Å². The molecule has 0 aliphatic rings. The first-order valence-corrected chi connectivity index (χ1v) is 2.52. The Hall–Kier alpha value is 0.935. The normalized spacial score (nSPS) is 8.80. The average molecular weight is 131 g/mol. The zero-order valence-electron chi connectivity index (χ0n) is 2.42. The summed E-state index contributed by atoms with van der Waals surface area (Å²) in [5.41, 5.74) is 0. The highest BCUT2D eigenvalue weighted by molar-refractivity contribution is 7.01. The van der Waals surface area contributed by atoms with E-state index in [1.165, 1.54) is 0 Å². The molecule has 30 valence electrons. The van der Waals surface area contributed by atoms with Gasteiger partial charge in [0.15, 0.2) is 0 Å². The maximum absolute atomic E-state index is 5.10. The first-order valence-electron chi connectivity index (χ1n) is 1.11. The number of alkyl halides is 2. The van der Waals surface area contributed by atoms with Crippen LogP contribution in [0.2, 0.25) is 0 Å². The highest BCUT2D eigenvalue weighted by Gasteiger charge is 1.93. The summed E-state index contributed by atoms with van der Waals surface area (Å²) in [4.78, 5) is 0. The summed E-state index contributed by atoms with van der Waals surface area (Å²) in [5.74, 6) is 0. The topological polar surface area (TPSA) is 0 Å². The van der Waals surface area contributed by atoms with E-state index in [0.29, 0.717) is 6.69 Å². The Balaban J connectivity index is 2.54. The minimum atomic E-state index is -0.406. The number of rotatable bonds is 1. The van der Waals surface area contributed by atoms with Gasteiger partial charge < -0.3 is 0 Å². The van der Waals surface area contributed by atoms with Gasteiger partial charge in [-0.2, -0.15) is 11.5 Å². The Labute approximate surface area is 46.6 Å². The van der Waals surface area contributed by atoms with E-state index in [1.54, 1.807) is 0 Å². The summed E-state index contributed by atoms with van der Waals surface area (Å²) in [6.45, 7) is 0.309. The van der Waals surface area contributed by atoms with Crippen molar-refractivity contribution >= 4 is 41.4 Å². The Kier molecular flexibility index (Phi) is 3.72. The number of halogens is 3. The average Bonchev–Trinajstić information content (AvgIpc) is 1.38. The van der Waals surface area contributed by atoms with Crippen molar-refractivity contribution in [3.63, 3.8) is 0 Å². The van der Waals surface area contributed by atoms with E-state index in [9.17, 15) is 0 Å². The van der Waals surface area contributed by atoms with Crippen molar-refractivity contribution in [3.8, 4) is 0 Å². The molecule has 0 saturated heterocycles. The molecule has 0 fully saturated rings. The van der Waals surface area contributed by atoms with Gasteiger partial charge in [0.25, 0.3) is 6.69 Å². The highest BCUT2D eigenvalue weighted by Crippen LogP contribution is 1.98. The molecule has 0 nitrogen and oxygen atoms in total. The molecule has 0 unspecified atom stereocenters. The Morgan fingerprint density at radius 1 is 1.40 bits per heavy atom. The molecule has 0 aliphatic carbocycles. The fourth-order valence-corrected chi connectivity index (χ4v) is 0. The predicted octanol–water partition coefficient (Wildman–Crippen LogP) is 1.34. The molecule has 0 bridgehead atoms. The largest absolute Gasteiger partial charge is 0.270 e. The maximum atomic E-state index is 5.10. The van der Waals surface area contributed by atoms with Gasteiger partial charge in [0.1, 0.15) is 0 Å². The smallest absolute Gasteiger partial charge is 0.198 e. The van der Waals surface area contributed by atoms with E-state index in [0.717, 1.165) is 0 Å². The van der Waals surface area contributed by atoms with Crippen LogP contribution in [-0.4, -0.2) is 11.4 Å². The van der Waals surface area contributed by atoms with E-state index in [1.807, 2.05) is 0 Å². The second-order valence-corrected chi connectivity index (χ2v) is 2.13. The third-order valence-electron chi connectivity index (χ3n) is 0.117. The molecular weight excluding hydrogens is 129 g/mol. The van der Waals surface area contributed by atoms with Gasteiger partial charge in [0.2, 0.25) is 0 Å². The van der Waals surface area contributed by atoms with Crippen molar-refractivity contribution < 1.29 is 0 Å². The molecule has 4 heteroatoms. The van der Waals surface area contributed by atoms with Crippen molar-refractivity contribution in [1.82, 2.24) is 0 Å². The summed E-state index contributed by atoms with van der Waals surface area (Å²) in [7, 11) is 0. The van der Waals surface area contributed by atoms with Crippen LogP contribution in [0.4, 0.5) is 0 Å². The maximum Gasteiger partial charge on any atom is 0.270 e. The minimum Gasteiger partial charge on any atom is -0.198 e. The fourth-order valence-electron chi connectivity index (χ4n) is 0. The summed E-state index contributed by atoms with van der Waals surface area (Å²) in [6.07, 6.45) is 0. The second-order valence-electron chi connectivity index (χ2n) is 0.545. The number of hydrogen-bond acceptors (Lipinski definition) is 0. The Bertz CT molecular complexity index is 20.9. The van der Waals surface area contributed by atoms with Crippen LogP contribution in [0, 0.1) is 0 Å². The molecule has 0 heterocycles. The fraction of sp³-hybridized carbons (Fsp3) is 1.00. The molecule has 0 aromatic carbocycles. The van der Waals surface area contributed by atoms with E-state index in [4.69, 9.17) is 34.7 Å². The van der Waals surface area contributed by atoms with Gasteiger partial charge in [-0.25, -0.2) is 0 Å². The van der Waals surface area contributed by atoms with Crippen LogP contribution in [0.25, 0.3) is 0 Å². The molecule has 0 spiro atoms. The highest BCUT2D eigenvalue weighted by atomic mass is 35.5. The second kappa shape index (κ2) is 3.14. The van der Waals surface area contributed by atoms with E-state index in [-0.39, 0.29) is 0 Å². The molecule has 5 heavy (non-hydrogen) atoms. The minimum absolute atomic E-state index is 0.309. The SMILES string of the molecule is ClBC(Cl)Cl. The van der Waals surface area contributed by atoms with Gasteiger partial charge in [-0.3, -0.25) is 0 Å². The molecule has 0 N–H and O–H groups in total. The monoisotopic (exact) mass is 130 g/mol. The molecule has 0 aromatic heterocycles. The third-order valence-corrected chi connectivity index (χ3v) is 1.05. The lowest BCUT2D eigenvalue weighted by Gasteiger charge is -1.79. The summed E-state index contributed by atoms with van der Waals surface area (Å²) >= 11 is 15.3. The zero-order valence-corrected chi connectivity index (χ0v) is 4.69.